The molecule has 0 unspecified atom stereocenters. The van der Waals surface area contributed by atoms with Crippen LogP contribution in [0.25, 0.3) is 11.2 Å². The number of hydrogen-bond donors (Lipinski definition) is 13. The maximum Gasteiger partial charge on any atom is 0.280 e. The van der Waals surface area contributed by atoms with Crippen LogP contribution in [-0.2, 0) is 18.9 Å². The zero-order valence-corrected chi connectivity index (χ0v) is 22.2. The number of nitrogen functional groups attached to an aromatic ring is 1. The van der Waals surface area contributed by atoms with Crippen LogP contribution in [-0.4, -0.2) is 175 Å². The van der Waals surface area contributed by atoms with Crippen molar-refractivity contribution in [2.45, 2.75) is 86.0 Å². The smallest absolute Gasteiger partial charge is 0.280 e. The molecule has 5 heterocycles. The van der Waals surface area contributed by atoms with E-state index in [0.717, 1.165) is 0 Å². The molecule has 0 bridgehead atoms. The summed E-state index contributed by atoms with van der Waals surface area (Å²) in [5.41, 5.74) is 5.12. The Hall–Kier alpha value is -2.45. The molecule has 0 aromatic carbocycles. The molecular weight excluding hydrogens is 590 g/mol. The van der Waals surface area contributed by atoms with Gasteiger partial charge in [-0.05, 0) is 0 Å². The van der Waals surface area contributed by atoms with Crippen LogP contribution in [0.5, 0.6) is 0 Å². The summed E-state index contributed by atoms with van der Waals surface area (Å²) in [5.74, 6) is -0.101. The summed E-state index contributed by atoms with van der Waals surface area (Å²) >= 11 is 0. The third kappa shape index (κ3) is 6.51. The summed E-state index contributed by atoms with van der Waals surface area (Å²) in [4.78, 5) is 21.8. The Labute approximate surface area is 240 Å². The van der Waals surface area contributed by atoms with Crippen molar-refractivity contribution < 1.29 is 75.1 Å². The number of aliphatic hydroxyl groups is 11. The lowest BCUT2D eigenvalue weighted by Crippen LogP contribution is -2.64. The van der Waals surface area contributed by atoms with E-state index in [1.807, 2.05) is 0 Å². The monoisotopic (exact) mass is 625 g/mol. The summed E-state index contributed by atoms with van der Waals surface area (Å²) < 4.78 is 21.9. The summed E-state index contributed by atoms with van der Waals surface area (Å²) in [5, 5.41) is 105. The lowest BCUT2D eigenvalue weighted by molar-refractivity contribution is -0.355. The SMILES string of the molecule is Nc1nc2c(ncn2[C@@H]2O[C@H](CO)[C@@H](O)[C@H]2O)c(=O)[nH]1.OC[C@H]1O[C@@H](O[C@H]2[C@H](O)[C@@H](O)[C@H](O)O[C@@H]2CO)[C@H](O)[C@@H](O)[C@H]1O. The van der Waals surface area contributed by atoms with E-state index in [1.165, 1.54) is 10.9 Å². The minimum absolute atomic E-state index is 0.0388. The zero-order chi connectivity index (χ0) is 31.7. The molecule has 0 saturated carbocycles. The van der Waals surface area contributed by atoms with Crippen molar-refractivity contribution in [1.82, 2.24) is 19.5 Å². The lowest BCUT2D eigenvalue weighted by atomic mass is 9.97. The minimum atomic E-state index is -1.74. The van der Waals surface area contributed by atoms with Gasteiger partial charge < -0.3 is 80.9 Å². The van der Waals surface area contributed by atoms with E-state index in [0.29, 0.717) is 0 Å². The number of H-pyrrole nitrogens is 1. The summed E-state index contributed by atoms with van der Waals surface area (Å²) in [6.07, 6.45) is -18.8. The Morgan fingerprint density at radius 2 is 1.40 bits per heavy atom. The first-order valence-corrected chi connectivity index (χ1v) is 13.0. The van der Waals surface area contributed by atoms with Crippen molar-refractivity contribution in [1.29, 1.82) is 0 Å². The predicted molar refractivity (Wildman–Crippen MR) is 134 cm³/mol. The van der Waals surface area contributed by atoms with E-state index >= 15 is 0 Å². The topological polar surface area (TPSA) is 349 Å². The van der Waals surface area contributed by atoms with Crippen molar-refractivity contribution in [2.75, 3.05) is 25.6 Å². The van der Waals surface area contributed by atoms with Gasteiger partial charge in [0.1, 0.15) is 67.1 Å². The number of ether oxygens (including phenoxy) is 4. The molecule has 3 aliphatic heterocycles. The van der Waals surface area contributed by atoms with E-state index < -0.39 is 111 Å². The molecule has 0 amide bonds. The second kappa shape index (κ2) is 13.7. The molecule has 21 nitrogen and oxygen atoms in total. The number of rotatable bonds is 6. The number of nitrogens with one attached hydrogen (secondary N) is 1. The van der Waals surface area contributed by atoms with E-state index in [2.05, 4.69) is 15.0 Å². The van der Waals surface area contributed by atoms with Crippen molar-refractivity contribution in [2.24, 2.45) is 0 Å². The van der Waals surface area contributed by atoms with Gasteiger partial charge in [0.25, 0.3) is 5.56 Å². The first-order valence-electron chi connectivity index (χ1n) is 13.0. The zero-order valence-electron chi connectivity index (χ0n) is 22.2. The summed E-state index contributed by atoms with van der Waals surface area (Å²) in [6.45, 7) is -1.79. The standard InChI is InChI=1S/C12H22O11.C10H13N5O5/c13-1-3-5(15)6(16)9(19)12(22-3)23-10-4(2-14)21-11(20)8(18)7(10)17;11-10-13-7-4(8(19)14-10)12-2-15(7)9-6(18)5(17)3(1-16)20-9/h3-20H,1-2H2;2-3,5-6,9,16-18H,1H2,(H3,11,13,14,19)/t3-,4-,5+,6+,7-,8-,9-,10-,11-,12+;3-,5-,6-,9-/m11/s1. The maximum atomic E-state index is 11.7. The van der Waals surface area contributed by atoms with Gasteiger partial charge in [-0.3, -0.25) is 14.3 Å². The quantitative estimate of drug-likeness (QED) is 0.142. The lowest BCUT2D eigenvalue weighted by Gasteiger charge is -2.45. The number of fused-ring (bicyclic) bond motifs is 1. The van der Waals surface area contributed by atoms with Crippen molar-refractivity contribution >= 4 is 17.1 Å². The molecule has 14 N–H and O–H groups in total. The van der Waals surface area contributed by atoms with Crippen molar-refractivity contribution in [3.8, 4) is 0 Å². The molecule has 0 spiro atoms. The first-order chi connectivity index (χ1) is 20.3. The molecule has 0 radical (unpaired) electrons. The van der Waals surface area contributed by atoms with Gasteiger partial charge in [0.2, 0.25) is 5.95 Å². The average molecular weight is 626 g/mol. The van der Waals surface area contributed by atoms with Crippen LogP contribution in [0.1, 0.15) is 6.23 Å². The van der Waals surface area contributed by atoms with Crippen LogP contribution in [0, 0.1) is 0 Å². The Balaban J connectivity index is 0.000000198. The normalized spacial score (nSPS) is 41.7. The molecule has 2 aromatic rings. The number of hydrogen-bond acceptors (Lipinski definition) is 19. The predicted octanol–water partition coefficient (Wildman–Crippen LogP) is -8.08. The minimum Gasteiger partial charge on any atom is -0.394 e. The average Bonchev–Trinajstić information content (AvgIpc) is 3.53. The molecule has 21 heteroatoms. The van der Waals surface area contributed by atoms with Gasteiger partial charge in [-0.1, -0.05) is 0 Å². The molecule has 14 atom stereocenters. The number of anilines is 1. The third-order valence-electron chi connectivity index (χ3n) is 7.22. The van der Waals surface area contributed by atoms with Crippen molar-refractivity contribution in [3.63, 3.8) is 0 Å². The van der Waals surface area contributed by atoms with E-state index in [9.17, 15) is 50.8 Å². The van der Waals surface area contributed by atoms with Gasteiger partial charge >= 0.3 is 0 Å². The third-order valence-corrected chi connectivity index (χ3v) is 7.22. The van der Waals surface area contributed by atoms with Crippen LogP contribution >= 0.6 is 0 Å². The fraction of sp³-hybridized carbons (Fsp3) is 0.773. The van der Waals surface area contributed by atoms with Crippen LogP contribution < -0.4 is 11.3 Å². The second-order valence-electron chi connectivity index (χ2n) is 10.0. The van der Waals surface area contributed by atoms with Crippen LogP contribution in [0.4, 0.5) is 5.95 Å². The molecule has 244 valence electrons. The Morgan fingerprint density at radius 1 is 0.791 bits per heavy atom. The molecule has 5 rings (SSSR count). The Morgan fingerprint density at radius 3 is 2.00 bits per heavy atom. The number of nitrogens with zero attached hydrogens (tertiary/aromatic N) is 3. The molecule has 3 aliphatic rings. The van der Waals surface area contributed by atoms with Crippen LogP contribution in [0.15, 0.2) is 11.1 Å². The highest BCUT2D eigenvalue weighted by Crippen LogP contribution is 2.31. The first kappa shape index (κ1) is 33.4. The largest absolute Gasteiger partial charge is 0.394 e. The van der Waals surface area contributed by atoms with Gasteiger partial charge in [0.15, 0.2) is 30.0 Å². The van der Waals surface area contributed by atoms with Gasteiger partial charge in [-0.2, -0.15) is 4.98 Å². The number of aliphatic hydroxyl groups excluding tert-OH is 11. The fourth-order valence-electron chi connectivity index (χ4n) is 4.81. The maximum absolute atomic E-state index is 11.7. The van der Waals surface area contributed by atoms with Gasteiger partial charge in [0.05, 0.1) is 26.1 Å². The van der Waals surface area contributed by atoms with Crippen molar-refractivity contribution in [3.05, 3.63) is 16.7 Å². The fourth-order valence-corrected chi connectivity index (χ4v) is 4.81. The number of nitrogens with two attached hydrogens (primary N) is 1. The number of aromatic amines is 1. The van der Waals surface area contributed by atoms with Gasteiger partial charge in [0, 0.05) is 0 Å². The Kier molecular flexibility index (Phi) is 10.6. The van der Waals surface area contributed by atoms with Crippen LogP contribution in [0.3, 0.4) is 0 Å². The Bertz CT molecular complexity index is 1260. The highest BCUT2D eigenvalue weighted by atomic mass is 16.7. The molecule has 2 aromatic heterocycles. The van der Waals surface area contributed by atoms with Gasteiger partial charge in [-0.25, -0.2) is 4.98 Å². The molecule has 0 aliphatic carbocycles. The van der Waals surface area contributed by atoms with Gasteiger partial charge in [-0.15, -0.1) is 0 Å². The highest BCUT2D eigenvalue weighted by Gasteiger charge is 2.50. The molecular formula is C22H35N5O16. The number of aromatic nitrogens is 4. The van der Waals surface area contributed by atoms with E-state index in [4.69, 9.17) is 34.9 Å². The molecule has 3 saturated heterocycles. The summed E-state index contributed by atoms with van der Waals surface area (Å²) in [7, 11) is 0. The summed E-state index contributed by atoms with van der Waals surface area (Å²) in [6, 6.07) is 0. The molecule has 43 heavy (non-hydrogen) atoms. The number of imidazole rings is 1. The second-order valence-corrected chi connectivity index (χ2v) is 10.0. The molecule has 3 fully saturated rings. The van der Waals surface area contributed by atoms with E-state index in [-0.39, 0.29) is 17.1 Å². The van der Waals surface area contributed by atoms with E-state index in [1.54, 1.807) is 0 Å². The highest BCUT2D eigenvalue weighted by molar-refractivity contribution is 5.70. The van der Waals surface area contributed by atoms with Crippen LogP contribution in [0.2, 0.25) is 0 Å².